The SMILES string of the molecule is CCNC(CCc1nn(C)c2ccccc12)C(C)(C)C. The van der Waals surface area contributed by atoms with Gasteiger partial charge in [0.15, 0.2) is 0 Å². The van der Waals surface area contributed by atoms with Crippen LogP contribution in [0.3, 0.4) is 0 Å². The molecule has 20 heavy (non-hydrogen) atoms. The molecule has 0 saturated heterocycles. The van der Waals surface area contributed by atoms with E-state index >= 15 is 0 Å². The molecule has 0 amide bonds. The van der Waals surface area contributed by atoms with Crippen LogP contribution in [0.5, 0.6) is 0 Å². The molecule has 1 N–H and O–H groups in total. The molecule has 2 aromatic rings. The van der Waals surface area contributed by atoms with Crippen LogP contribution in [0.2, 0.25) is 0 Å². The molecule has 3 nitrogen and oxygen atoms in total. The van der Waals surface area contributed by atoms with E-state index in [9.17, 15) is 0 Å². The largest absolute Gasteiger partial charge is 0.314 e. The maximum absolute atomic E-state index is 4.69. The topological polar surface area (TPSA) is 29.9 Å². The van der Waals surface area contributed by atoms with Crippen molar-refractivity contribution in [3.05, 3.63) is 30.0 Å². The van der Waals surface area contributed by atoms with Gasteiger partial charge < -0.3 is 5.32 Å². The lowest BCUT2D eigenvalue weighted by atomic mass is 9.83. The average Bonchev–Trinajstić information content (AvgIpc) is 2.71. The molecule has 0 spiro atoms. The van der Waals surface area contributed by atoms with Crippen LogP contribution in [-0.2, 0) is 13.5 Å². The molecule has 1 heterocycles. The van der Waals surface area contributed by atoms with Gasteiger partial charge in [-0.1, -0.05) is 45.9 Å². The fraction of sp³-hybridized carbons (Fsp3) is 0.588. The van der Waals surface area contributed by atoms with Crippen molar-refractivity contribution in [2.75, 3.05) is 6.54 Å². The van der Waals surface area contributed by atoms with E-state index in [1.54, 1.807) is 0 Å². The van der Waals surface area contributed by atoms with Gasteiger partial charge in [-0.3, -0.25) is 4.68 Å². The third-order valence-corrected chi connectivity index (χ3v) is 4.00. The molecule has 0 aliphatic heterocycles. The maximum atomic E-state index is 4.69. The van der Waals surface area contributed by atoms with Gasteiger partial charge in [-0.25, -0.2) is 0 Å². The van der Waals surface area contributed by atoms with Gasteiger partial charge in [0.2, 0.25) is 0 Å². The standard InChI is InChI=1S/C17H27N3/c1-6-18-16(17(2,3)4)12-11-14-13-9-7-8-10-15(13)20(5)19-14/h7-10,16,18H,6,11-12H2,1-5H3. The Labute approximate surface area is 122 Å². The lowest BCUT2D eigenvalue weighted by Crippen LogP contribution is -2.40. The van der Waals surface area contributed by atoms with E-state index in [2.05, 4.69) is 57.3 Å². The Hall–Kier alpha value is -1.35. The van der Waals surface area contributed by atoms with Crippen LogP contribution in [0, 0.1) is 5.41 Å². The Kier molecular flexibility index (Phi) is 4.48. The molecule has 1 unspecified atom stereocenters. The lowest BCUT2D eigenvalue weighted by Gasteiger charge is -2.31. The number of rotatable bonds is 5. The highest BCUT2D eigenvalue weighted by Gasteiger charge is 2.24. The molecule has 1 atom stereocenters. The molecular formula is C17H27N3. The summed E-state index contributed by atoms with van der Waals surface area (Å²) in [5, 5.41) is 9.60. The van der Waals surface area contributed by atoms with Crippen molar-refractivity contribution in [2.24, 2.45) is 12.5 Å². The first-order chi connectivity index (χ1) is 9.43. The molecule has 0 radical (unpaired) electrons. The first-order valence-electron chi connectivity index (χ1n) is 7.57. The smallest absolute Gasteiger partial charge is 0.0703 e. The molecule has 3 heteroatoms. The highest BCUT2D eigenvalue weighted by atomic mass is 15.3. The number of aromatic nitrogens is 2. The predicted octanol–water partition coefficient (Wildman–Crippen LogP) is 3.53. The molecule has 0 aliphatic carbocycles. The number of aryl methyl sites for hydroxylation is 2. The molecule has 1 aromatic carbocycles. The summed E-state index contributed by atoms with van der Waals surface area (Å²) in [7, 11) is 2.03. The number of hydrogen-bond donors (Lipinski definition) is 1. The number of fused-ring (bicyclic) bond motifs is 1. The second kappa shape index (κ2) is 5.96. The summed E-state index contributed by atoms with van der Waals surface area (Å²) < 4.78 is 1.99. The zero-order valence-corrected chi connectivity index (χ0v) is 13.4. The molecule has 0 bridgehead atoms. The molecule has 0 aliphatic rings. The summed E-state index contributed by atoms with van der Waals surface area (Å²) in [5.74, 6) is 0. The molecule has 1 aromatic heterocycles. The number of para-hydroxylation sites is 1. The third kappa shape index (κ3) is 3.21. The minimum atomic E-state index is 0.278. The first-order valence-corrected chi connectivity index (χ1v) is 7.57. The Balaban J connectivity index is 2.16. The van der Waals surface area contributed by atoms with Crippen molar-refractivity contribution >= 4 is 10.9 Å². The van der Waals surface area contributed by atoms with E-state index in [4.69, 9.17) is 5.10 Å². The van der Waals surface area contributed by atoms with Crippen molar-refractivity contribution in [1.82, 2.24) is 15.1 Å². The number of nitrogens with one attached hydrogen (secondary N) is 1. The molecule has 110 valence electrons. The lowest BCUT2D eigenvalue weighted by molar-refractivity contribution is 0.258. The second-order valence-electron chi connectivity index (χ2n) is 6.60. The number of benzene rings is 1. The van der Waals surface area contributed by atoms with Gasteiger partial charge in [-0.05, 0) is 30.9 Å². The molecule has 0 fully saturated rings. The normalized spacial score (nSPS) is 13.8. The van der Waals surface area contributed by atoms with Crippen molar-refractivity contribution in [3.63, 3.8) is 0 Å². The minimum Gasteiger partial charge on any atom is -0.314 e. The van der Waals surface area contributed by atoms with Gasteiger partial charge in [-0.15, -0.1) is 0 Å². The summed E-state index contributed by atoms with van der Waals surface area (Å²) in [6.45, 7) is 10.1. The molecular weight excluding hydrogens is 246 g/mol. The van der Waals surface area contributed by atoms with E-state index < -0.39 is 0 Å². The van der Waals surface area contributed by atoms with E-state index in [0.29, 0.717) is 6.04 Å². The van der Waals surface area contributed by atoms with Crippen LogP contribution >= 0.6 is 0 Å². The Bertz CT molecular complexity index is 563. The number of nitrogens with zero attached hydrogens (tertiary/aromatic N) is 2. The van der Waals surface area contributed by atoms with E-state index in [1.807, 2.05) is 11.7 Å². The summed E-state index contributed by atoms with van der Waals surface area (Å²) >= 11 is 0. The average molecular weight is 273 g/mol. The van der Waals surface area contributed by atoms with Crippen LogP contribution in [0.25, 0.3) is 10.9 Å². The molecule has 2 rings (SSSR count). The Morgan fingerprint density at radius 1 is 1.25 bits per heavy atom. The zero-order valence-electron chi connectivity index (χ0n) is 13.4. The Morgan fingerprint density at radius 3 is 2.60 bits per heavy atom. The highest BCUT2D eigenvalue weighted by Crippen LogP contribution is 2.25. The van der Waals surface area contributed by atoms with Gasteiger partial charge in [0.1, 0.15) is 0 Å². The van der Waals surface area contributed by atoms with Crippen LogP contribution in [0.4, 0.5) is 0 Å². The summed E-state index contributed by atoms with van der Waals surface area (Å²) in [6, 6.07) is 9.01. The van der Waals surface area contributed by atoms with Gasteiger partial charge in [0, 0.05) is 18.5 Å². The number of hydrogen-bond acceptors (Lipinski definition) is 2. The molecule has 0 saturated carbocycles. The van der Waals surface area contributed by atoms with Gasteiger partial charge in [-0.2, -0.15) is 5.10 Å². The van der Waals surface area contributed by atoms with E-state index in [0.717, 1.165) is 19.4 Å². The zero-order chi connectivity index (χ0) is 14.8. The van der Waals surface area contributed by atoms with Crippen LogP contribution in [0.1, 0.15) is 39.8 Å². The highest BCUT2D eigenvalue weighted by molar-refractivity contribution is 5.81. The van der Waals surface area contributed by atoms with Crippen molar-refractivity contribution < 1.29 is 0 Å². The second-order valence-corrected chi connectivity index (χ2v) is 6.60. The van der Waals surface area contributed by atoms with Crippen LogP contribution in [-0.4, -0.2) is 22.4 Å². The summed E-state index contributed by atoms with van der Waals surface area (Å²) in [6.07, 6.45) is 2.15. The summed E-state index contributed by atoms with van der Waals surface area (Å²) in [4.78, 5) is 0. The quantitative estimate of drug-likeness (QED) is 0.903. The van der Waals surface area contributed by atoms with Crippen LogP contribution < -0.4 is 5.32 Å². The third-order valence-electron chi connectivity index (χ3n) is 4.00. The van der Waals surface area contributed by atoms with Crippen molar-refractivity contribution in [1.29, 1.82) is 0 Å². The van der Waals surface area contributed by atoms with Crippen molar-refractivity contribution in [2.45, 2.75) is 46.6 Å². The van der Waals surface area contributed by atoms with Gasteiger partial charge >= 0.3 is 0 Å². The van der Waals surface area contributed by atoms with Crippen LogP contribution in [0.15, 0.2) is 24.3 Å². The van der Waals surface area contributed by atoms with Crippen molar-refractivity contribution in [3.8, 4) is 0 Å². The predicted molar refractivity (Wildman–Crippen MR) is 86.0 cm³/mol. The first kappa shape index (κ1) is 15.0. The fourth-order valence-electron chi connectivity index (χ4n) is 2.84. The monoisotopic (exact) mass is 273 g/mol. The van der Waals surface area contributed by atoms with E-state index in [-0.39, 0.29) is 5.41 Å². The van der Waals surface area contributed by atoms with Gasteiger partial charge in [0.25, 0.3) is 0 Å². The van der Waals surface area contributed by atoms with E-state index in [1.165, 1.54) is 16.6 Å². The minimum absolute atomic E-state index is 0.278. The fourth-order valence-corrected chi connectivity index (χ4v) is 2.84. The maximum Gasteiger partial charge on any atom is 0.0703 e. The summed E-state index contributed by atoms with van der Waals surface area (Å²) in [5.41, 5.74) is 2.72. The Morgan fingerprint density at radius 2 is 1.95 bits per heavy atom. The van der Waals surface area contributed by atoms with Gasteiger partial charge in [0.05, 0.1) is 11.2 Å².